The number of nitrogens with one attached hydrogen (secondary N) is 1. The van der Waals surface area contributed by atoms with Crippen LogP contribution in [0.3, 0.4) is 0 Å². The maximum atomic E-state index is 14.0. The monoisotopic (exact) mass is 277 g/mol. The van der Waals surface area contributed by atoms with Crippen molar-refractivity contribution >= 4 is 11.8 Å². The van der Waals surface area contributed by atoms with Gasteiger partial charge in [-0.05, 0) is 38.0 Å². The van der Waals surface area contributed by atoms with Gasteiger partial charge in [0.15, 0.2) is 0 Å². The smallest absolute Gasteiger partial charge is 0.128 e. The lowest BCUT2D eigenvalue weighted by molar-refractivity contribution is 0.527. The predicted octanol–water partition coefficient (Wildman–Crippen LogP) is 4.13. The van der Waals surface area contributed by atoms with Gasteiger partial charge in [0.05, 0.1) is 11.2 Å². The first-order valence-electron chi connectivity index (χ1n) is 6.47. The minimum Gasteiger partial charge on any atom is -0.468 e. The van der Waals surface area contributed by atoms with E-state index >= 15 is 0 Å². The van der Waals surface area contributed by atoms with E-state index in [2.05, 4.69) is 5.32 Å². The molecule has 100 valence electrons. The highest BCUT2D eigenvalue weighted by Crippen LogP contribution is 2.34. The van der Waals surface area contributed by atoms with Gasteiger partial charge in [0.25, 0.3) is 0 Å². The van der Waals surface area contributed by atoms with Gasteiger partial charge < -0.3 is 9.73 Å². The second-order valence-corrected chi connectivity index (χ2v) is 5.90. The fraction of sp³-hybridized carbons (Fsp3) is 0.333. The van der Waals surface area contributed by atoms with E-state index in [4.69, 9.17) is 4.42 Å². The molecule has 0 spiro atoms. The van der Waals surface area contributed by atoms with Crippen molar-refractivity contribution in [3.63, 3.8) is 0 Å². The van der Waals surface area contributed by atoms with Crippen molar-refractivity contribution in [2.24, 2.45) is 0 Å². The molecule has 1 heterocycles. The fourth-order valence-corrected chi connectivity index (χ4v) is 2.93. The summed E-state index contributed by atoms with van der Waals surface area (Å²) in [5, 5.41) is 3.37. The first-order valence-corrected chi connectivity index (χ1v) is 7.28. The summed E-state index contributed by atoms with van der Waals surface area (Å²) in [6.07, 6.45) is 4.08. The van der Waals surface area contributed by atoms with E-state index in [1.165, 1.54) is 18.9 Å². The fourth-order valence-electron chi connectivity index (χ4n) is 1.94. The molecule has 0 aliphatic heterocycles. The van der Waals surface area contributed by atoms with Crippen molar-refractivity contribution in [2.75, 3.05) is 0 Å². The number of hydrogen-bond acceptors (Lipinski definition) is 3. The van der Waals surface area contributed by atoms with Gasteiger partial charge in [-0.15, -0.1) is 0 Å². The SMILES string of the molecule is Cc1occc1Sc1cccc(F)c1CNC1CC1. The lowest BCUT2D eigenvalue weighted by Gasteiger charge is -2.10. The molecule has 0 radical (unpaired) electrons. The Kier molecular flexibility index (Phi) is 3.62. The van der Waals surface area contributed by atoms with Gasteiger partial charge in [-0.3, -0.25) is 0 Å². The summed E-state index contributed by atoms with van der Waals surface area (Å²) in [5.74, 6) is 0.731. The molecular weight excluding hydrogens is 261 g/mol. The highest BCUT2D eigenvalue weighted by atomic mass is 32.2. The van der Waals surface area contributed by atoms with Crippen LogP contribution in [0.15, 0.2) is 44.7 Å². The van der Waals surface area contributed by atoms with Crippen LogP contribution in [-0.2, 0) is 6.54 Å². The van der Waals surface area contributed by atoms with Crippen LogP contribution in [-0.4, -0.2) is 6.04 Å². The second-order valence-electron chi connectivity index (χ2n) is 4.81. The van der Waals surface area contributed by atoms with Gasteiger partial charge in [-0.25, -0.2) is 4.39 Å². The number of aryl methyl sites for hydroxylation is 1. The predicted molar refractivity (Wildman–Crippen MR) is 73.8 cm³/mol. The molecule has 1 aliphatic carbocycles. The molecule has 1 N–H and O–H groups in total. The summed E-state index contributed by atoms with van der Waals surface area (Å²) in [5.41, 5.74) is 0.750. The molecule has 0 amide bonds. The molecule has 1 aliphatic rings. The minimum absolute atomic E-state index is 0.140. The van der Waals surface area contributed by atoms with Crippen molar-refractivity contribution in [1.29, 1.82) is 0 Å². The number of hydrogen-bond donors (Lipinski definition) is 1. The Morgan fingerprint density at radius 1 is 1.32 bits per heavy atom. The van der Waals surface area contributed by atoms with Crippen LogP contribution in [0, 0.1) is 12.7 Å². The van der Waals surface area contributed by atoms with Crippen LogP contribution in [0.25, 0.3) is 0 Å². The Morgan fingerprint density at radius 3 is 2.84 bits per heavy atom. The van der Waals surface area contributed by atoms with Gasteiger partial charge in [-0.1, -0.05) is 17.8 Å². The Bertz CT molecular complexity index is 577. The third kappa shape index (κ3) is 3.01. The van der Waals surface area contributed by atoms with Crippen molar-refractivity contribution < 1.29 is 8.81 Å². The van der Waals surface area contributed by atoms with E-state index < -0.39 is 0 Å². The second kappa shape index (κ2) is 5.39. The average molecular weight is 277 g/mol. The third-order valence-corrected chi connectivity index (χ3v) is 4.50. The normalized spacial score (nSPS) is 14.8. The van der Waals surface area contributed by atoms with Gasteiger partial charge in [0, 0.05) is 23.0 Å². The number of furan rings is 1. The quantitative estimate of drug-likeness (QED) is 0.889. The molecule has 0 bridgehead atoms. The largest absolute Gasteiger partial charge is 0.468 e. The van der Waals surface area contributed by atoms with E-state index in [-0.39, 0.29) is 5.82 Å². The van der Waals surface area contributed by atoms with Crippen LogP contribution in [0.1, 0.15) is 24.2 Å². The van der Waals surface area contributed by atoms with Gasteiger partial charge in [0.2, 0.25) is 0 Å². The molecule has 0 atom stereocenters. The lowest BCUT2D eigenvalue weighted by Crippen LogP contribution is -2.16. The van der Waals surface area contributed by atoms with E-state index in [0.717, 1.165) is 21.1 Å². The molecular formula is C15H16FNOS. The van der Waals surface area contributed by atoms with Crippen molar-refractivity contribution in [2.45, 2.75) is 42.1 Å². The van der Waals surface area contributed by atoms with Gasteiger partial charge in [-0.2, -0.15) is 0 Å². The van der Waals surface area contributed by atoms with Crippen molar-refractivity contribution in [3.8, 4) is 0 Å². The number of benzene rings is 1. The summed E-state index contributed by atoms with van der Waals surface area (Å²) in [4.78, 5) is 2.00. The Hall–Kier alpha value is -1.26. The molecule has 0 unspecified atom stereocenters. The minimum atomic E-state index is -0.140. The highest BCUT2D eigenvalue weighted by Gasteiger charge is 2.21. The van der Waals surface area contributed by atoms with Crippen LogP contribution >= 0.6 is 11.8 Å². The maximum absolute atomic E-state index is 14.0. The lowest BCUT2D eigenvalue weighted by atomic mass is 10.2. The maximum Gasteiger partial charge on any atom is 0.128 e. The molecule has 19 heavy (non-hydrogen) atoms. The van der Waals surface area contributed by atoms with E-state index in [0.29, 0.717) is 12.6 Å². The average Bonchev–Trinajstić information content (AvgIpc) is 3.13. The Labute approximate surface area is 116 Å². The third-order valence-electron chi connectivity index (χ3n) is 3.25. The molecule has 1 fully saturated rings. The van der Waals surface area contributed by atoms with Crippen LogP contribution in [0.2, 0.25) is 0 Å². The van der Waals surface area contributed by atoms with Crippen molar-refractivity contribution in [3.05, 3.63) is 47.7 Å². The summed E-state index contributed by atoms with van der Waals surface area (Å²) in [7, 11) is 0. The molecule has 0 saturated heterocycles. The molecule has 3 rings (SSSR count). The Balaban J connectivity index is 1.82. The summed E-state index contributed by atoms with van der Waals surface area (Å²) in [6.45, 7) is 2.51. The zero-order valence-electron chi connectivity index (χ0n) is 10.8. The van der Waals surface area contributed by atoms with E-state index in [9.17, 15) is 4.39 Å². The first-order chi connectivity index (χ1) is 9.24. The van der Waals surface area contributed by atoms with Crippen molar-refractivity contribution in [1.82, 2.24) is 5.32 Å². The van der Waals surface area contributed by atoms with E-state index in [1.807, 2.05) is 19.1 Å². The number of rotatable bonds is 5. The van der Waals surface area contributed by atoms with Crippen LogP contribution in [0.4, 0.5) is 4.39 Å². The molecule has 1 aromatic heterocycles. The first kappa shape index (κ1) is 12.8. The topological polar surface area (TPSA) is 25.2 Å². The zero-order valence-corrected chi connectivity index (χ0v) is 11.6. The zero-order chi connectivity index (χ0) is 13.2. The standard InChI is InChI=1S/C15H16FNOS/c1-10-14(7-8-18-10)19-15-4-2-3-13(16)12(15)9-17-11-5-6-11/h2-4,7-8,11,17H,5-6,9H2,1H3. The Morgan fingerprint density at radius 2 is 2.16 bits per heavy atom. The summed E-state index contributed by atoms with van der Waals surface area (Å²) in [6, 6.07) is 7.74. The molecule has 1 aromatic carbocycles. The highest BCUT2D eigenvalue weighted by molar-refractivity contribution is 7.99. The van der Waals surface area contributed by atoms with Crippen LogP contribution < -0.4 is 5.32 Å². The molecule has 4 heteroatoms. The molecule has 2 nitrogen and oxygen atoms in total. The summed E-state index contributed by atoms with van der Waals surface area (Å²) < 4.78 is 19.3. The molecule has 1 saturated carbocycles. The van der Waals surface area contributed by atoms with Crippen LogP contribution in [0.5, 0.6) is 0 Å². The van der Waals surface area contributed by atoms with E-state index in [1.54, 1.807) is 24.1 Å². The van der Waals surface area contributed by atoms with Gasteiger partial charge >= 0.3 is 0 Å². The number of halogens is 1. The molecule has 2 aromatic rings. The summed E-state index contributed by atoms with van der Waals surface area (Å²) >= 11 is 1.56. The van der Waals surface area contributed by atoms with Gasteiger partial charge in [0.1, 0.15) is 11.6 Å².